The van der Waals surface area contributed by atoms with Crippen LogP contribution in [-0.4, -0.2) is 37.4 Å². The molecule has 22 heavy (non-hydrogen) atoms. The summed E-state index contributed by atoms with van der Waals surface area (Å²) < 4.78 is 5.76. The number of amides is 1. The zero-order valence-electron chi connectivity index (χ0n) is 11.3. The standard InChI is InChI=1S/C11H10N8O2S/c1-6-8(11(20)15-13-5-7-3-2-4-22-7)14-18-19(6)10-9(12)16-21-17-10/h2-5H,1H3,(H2,12,16)(H,15,20)/b13-5-. The van der Waals surface area contributed by atoms with Crippen LogP contribution in [0.3, 0.4) is 0 Å². The van der Waals surface area contributed by atoms with E-state index in [0.29, 0.717) is 5.69 Å². The molecule has 0 aromatic carbocycles. The van der Waals surface area contributed by atoms with Gasteiger partial charge in [-0.1, -0.05) is 11.3 Å². The van der Waals surface area contributed by atoms with Gasteiger partial charge in [0.2, 0.25) is 11.6 Å². The highest BCUT2D eigenvalue weighted by molar-refractivity contribution is 7.11. The molecule has 0 saturated carbocycles. The number of rotatable bonds is 4. The van der Waals surface area contributed by atoms with Crippen molar-refractivity contribution in [3.63, 3.8) is 0 Å². The number of hydrogen-bond acceptors (Lipinski definition) is 9. The molecule has 3 aromatic heterocycles. The Bertz CT molecular complexity index is 819. The van der Waals surface area contributed by atoms with Crippen molar-refractivity contribution in [1.82, 2.24) is 30.7 Å². The van der Waals surface area contributed by atoms with Crippen molar-refractivity contribution >= 4 is 29.3 Å². The fraction of sp³-hybridized carbons (Fsp3) is 0.0909. The van der Waals surface area contributed by atoms with Crippen LogP contribution in [0.5, 0.6) is 0 Å². The third kappa shape index (κ3) is 2.56. The fourth-order valence-electron chi connectivity index (χ4n) is 1.65. The molecule has 3 heterocycles. The lowest BCUT2D eigenvalue weighted by Crippen LogP contribution is -2.19. The first-order chi connectivity index (χ1) is 10.7. The second-order valence-electron chi connectivity index (χ2n) is 4.12. The molecule has 0 spiro atoms. The third-order valence-electron chi connectivity index (χ3n) is 2.71. The van der Waals surface area contributed by atoms with Crippen LogP contribution in [0, 0.1) is 6.92 Å². The van der Waals surface area contributed by atoms with E-state index in [9.17, 15) is 4.79 Å². The zero-order valence-corrected chi connectivity index (χ0v) is 12.1. The van der Waals surface area contributed by atoms with E-state index < -0.39 is 5.91 Å². The molecule has 0 saturated heterocycles. The van der Waals surface area contributed by atoms with E-state index in [1.54, 1.807) is 13.1 Å². The van der Waals surface area contributed by atoms with Crippen LogP contribution in [0.4, 0.5) is 5.82 Å². The van der Waals surface area contributed by atoms with E-state index in [2.05, 4.69) is 35.8 Å². The molecule has 0 aliphatic carbocycles. The highest BCUT2D eigenvalue weighted by Crippen LogP contribution is 2.14. The number of nitrogens with one attached hydrogen (secondary N) is 1. The fourth-order valence-corrected chi connectivity index (χ4v) is 2.24. The highest BCUT2D eigenvalue weighted by Gasteiger charge is 2.20. The number of anilines is 1. The van der Waals surface area contributed by atoms with Crippen LogP contribution in [0.25, 0.3) is 5.82 Å². The van der Waals surface area contributed by atoms with E-state index in [4.69, 9.17) is 5.73 Å². The molecule has 11 heteroatoms. The SMILES string of the molecule is Cc1c(C(=O)N/N=C\c2cccs2)nnn1-c1nonc1N. The Balaban J connectivity index is 1.77. The zero-order chi connectivity index (χ0) is 15.5. The summed E-state index contributed by atoms with van der Waals surface area (Å²) in [7, 11) is 0. The first-order valence-electron chi connectivity index (χ1n) is 6.04. The van der Waals surface area contributed by atoms with Crippen molar-refractivity contribution < 1.29 is 9.42 Å². The van der Waals surface area contributed by atoms with E-state index in [0.717, 1.165) is 4.88 Å². The topological polar surface area (TPSA) is 137 Å². The number of thiophene rings is 1. The Morgan fingerprint density at radius 2 is 2.41 bits per heavy atom. The van der Waals surface area contributed by atoms with Gasteiger partial charge in [0.15, 0.2) is 5.69 Å². The average Bonchev–Trinajstić information content (AvgIpc) is 3.21. The number of aromatic nitrogens is 5. The molecular formula is C11H10N8O2S. The predicted octanol–water partition coefficient (Wildman–Crippen LogP) is 0.366. The van der Waals surface area contributed by atoms with Gasteiger partial charge < -0.3 is 5.73 Å². The van der Waals surface area contributed by atoms with Crippen LogP contribution in [0.2, 0.25) is 0 Å². The number of carbonyl (C=O) groups is 1. The van der Waals surface area contributed by atoms with Crippen LogP contribution in [0.1, 0.15) is 21.1 Å². The van der Waals surface area contributed by atoms with E-state index in [-0.39, 0.29) is 17.3 Å². The molecule has 3 N–H and O–H groups in total. The summed E-state index contributed by atoms with van der Waals surface area (Å²) in [6.45, 7) is 1.64. The van der Waals surface area contributed by atoms with Gasteiger partial charge in [-0.05, 0) is 28.7 Å². The Morgan fingerprint density at radius 1 is 1.55 bits per heavy atom. The average molecular weight is 318 g/mol. The number of nitrogens with zero attached hydrogens (tertiary/aromatic N) is 6. The van der Waals surface area contributed by atoms with E-state index in [1.807, 2.05) is 17.5 Å². The Morgan fingerprint density at radius 3 is 3.09 bits per heavy atom. The quantitative estimate of drug-likeness (QED) is 0.523. The summed E-state index contributed by atoms with van der Waals surface area (Å²) in [6, 6.07) is 3.77. The van der Waals surface area contributed by atoms with Gasteiger partial charge in [-0.3, -0.25) is 4.79 Å². The summed E-state index contributed by atoms with van der Waals surface area (Å²) in [6.07, 6.45) is 1.54. The monoisotopic (exact) mass is 318 g/mol. The van der Waals surface area contributed by atoms with Gasteiger partial charge in [0.1, 0.15) is 0 Å². The lowest BCUT2D eigenvalue weighted by molar-refractivity contribution is 0.0949. The van der Waals surface area contributed by atoms with Crippen molar-refractivity contribution in [2.75, 3.05) is 5.73 Å². The van der Waals surface area contributed by atoms with Crippen molar-refractivity contribution in [3.05, 3.63) is 33.8 Å². The second kappa shape index (κ2) is 5.73. The maximum atomic E-state index is 12.0. The number of hydrazone groups is 1. The lowest BCUT2D eigenvalue weighted by atomic mass is 10.3. The summed E-state index contributed by atoms with van der Waals surface area (Å²) >= 11 is 1.51. The van der Waals surface area contributed by atoms with Gasteiger partial charge in [0.05, 0.1) is 11.9 Å². The van der Waals surface area contributed by atoms with Gasteiger partial charge in [0, 0.05) is 4.88 Å². The molecule has 0 aliphatic rings. The van der Waals surface area contributed by atoms with Crippen LogP contribution >= 0.6 is 11.3 Å². The smallest absolute Gasteiger partial charge is 0.293 e. The molecule has 0 unspecified atom stereocenters. The Labute approximate surface area is 127 Å². The van der Waals surface area contributed by atoms with Crippen molar-refractivity contribution in [3.8, 4) is 5.82 Å². The molecule has 10 nitrogen and oxygen atoms in total. The number of nitrogen functional groups attached to an aromatic ring is 1. The highest BCUT2D eigenvalue weighted by atomic mass is 32.1. The molecule has 1 amide bonds. The first kappa shape index (κ1) is 13.9. The first-order valence-corrected chi connectivity index (χ1v) is 6.92. The van der Waals surface area contributed by atoms with Gasteiger partial charge in [-0.25, -0.2) is 10.1 Å². The third-order valence-corrected chi connectivity index (χ3v) is 3.51. The Kier molecular flexibility index (Phi) is 3.62. The molecule has 3 aromatic rings. The number of nitrogens with two attached hydrogens (primary N) is 1. The molecule has 0 atom stereocenters. The number of hydrogen-bond donors (Lipinski definition) is 2. The normalized spacial score (nSPS) is 11.1. The van der Waals surface area contributed by atoms with Crippen LogP contribution in [0.15, 0.2) is 27.2 Å². The summed E-state index contributed by atoms with van der Waals surface area (Å²) in [4.78, 5) is 13.0. The minimum absolute atomic E-state index is 0.0516. The van der Waals surface area contributed by atoms with Gasteiger partial charge in [-0.2, -0.15) is 9.78 Å². The maximum Gasteiger partial charge on any atom is 0.293 e. The molecule has 0 radical (unpaired) electrons. The van der Waals surface area contributed by atoms with Crippen molar-refractivity contribution in [2.45, 2.75) is 6.92 Å². The second-order valence-corrected chi connectivity index (χ2v) is 5.10. The minimum atomic E-state index is -0.494. The molecule has 0 fully saturated rings. The predicted molar refractivity (Wildman–Crippen MR) is 77.7 cm³/mol. The molecule has 0 aliphatic heterocycles. The molecule has 3 rings (SSSR count). The Hall–Kier alpha value is -3.08. The molecule has 112 valence electrons. The maximum absolute atomic E-state index is 12.0. The van der Waals surface area contributed by atoms with Gasteiger partial charge in [0.25, 0.3) is 5.91 Å². The largest absolute Gasteiger partial charge is 0.378 e. The minimum Gasteiger partial charge on any atom is -0.378 e. The van der Waals surface area contributed by atoms with Crippen LogP contribution in [-0.2, 0) is 0 Å². The van der Waals surface area contributed by atoms with Crippen LogP contribution < -0.4 is 11.2 Å². The summed E-state index contributed by atoms with van der Waals surface area (Å²) in [5.74, 6) is -0.270. The number of carbonyl (C=O) groups excluding carboxylic acids is 1. The summed E-state index contributed by atoms with van der Waals surface area (Å²) in [5.41, 5.74) is 8.50. The van der Waals surface area contributed by atoms with Crippen molar-refractivity contribution in [1.29, 1.82) is 0 Å². The molecule has 0 bridgehead atoms. The molecular weight excluding hydrogens is 308 g/mol. The van der Waals surface area contributed by atoms with Gasteiger partial charge in [-0.15, -0.1) is 16.4 Å². The van der Waals surface area contributed by atoms with Gasteiger partial charge >= 0.3 is 0 Å². The van der Waals surface area contributed by atoms with Crippen molar-refractivity contribution in [2.24, 2.45) is 5.10 Å². The lowest BCUT2D eigenvalue weighted by Gasteiger charge is -1.98. The van der Waals surface area contributed by atoms with E-state index >= 15 is 0 Å². The summed E-state index contributed by atoms with van der Waals surface area (Å²) in [5, 5.41) is 20.4. The van der Waals surface area contributed by atoms with E-state index in [1.165, 1.54) is 16.0 Å².